The Bertz CT molecular complexity index is 1000. The van der Waals surface area contributed by atoms with Crippen LogP contribution in [0.2, 0.25) is 0 Å². The van der Waals surface area contributed by atoms with E-state index in [1.807, 2.05) is 12.1 Å². The summed E-state index contributed by atoms with van der Waals surface area (Å²) in [7, 11) is 0. The maximum atomic E-state index is 11.6. The summed E-state index contributed by atoms with van der Waals surface area (Å²) in [5, 5.41) is 12.4. The highest BCUT2D eigenvalue weighted by atomic mass is 79.9. The fourth-order valence-electron chi connectivity index (χ4n) is 7.22. The number of alkyl halides is 1. The molecule has 31 heavy (non-hydrogen) atoms. The summed E-state index contributed by atoms with van der Waals surface area (Å²) in [5.74, 6) is 1.72. The van der Waals surface area contributed by atoms with Crippen LogP contribution in [-0.4, -0.2) is 17.1 Å². The molecule has 0 aromatic heterocycles. The summed E-state index contributed by atoms with van der Waals surface area (Å²) in [6, 6.07) is 14.7. The van der Waals surface area contributed by atoms with Gasteiger partial charge in [0, 0.05) is 10.9 Å². The van der Waals surface area contributed by atoms with Gasteiger partial charge in [0.05, 0.1) is 6.10 Å². The first-order valence-corrected chi connectivity index (χ1v) is 12.8. The third-order valence-electron chi connectivity index (χ3n) is 8.77. The van der Waals surface area contributed by atoms with Crippen LogP contribution in [0.1, 0.15) is 71.1 Å². The summed E-state index contributed by atoms with van der Waals surface area (Å²) in [5.41, 5.74) is 11.6. The maximum Gasteiger partial charge on any atom is 0.248 e. The highest BCUT2D eigenvalue weighted by molar-refractivity contribution is 9.08. The van der Waals surface area contributed by atoms with Crippen LogP contribution in [0, 0.1) is 23.2 Å². The van der Waals surface area contributed by atoms with Crippen molar-refractivity contribution in [2.45, 2.75) is 62.8 Å². The fraction of sp³-hybridized carbons (Fsp3) is 0.519. The van der Waals surface area contributed by atoms with E-state index in [4.69, 9.17) is 5.73 Å². The number of aryl methyl sites for hydroxylation is 1. The number of carbonyl (C=O) groups is 1. The molecule has 6 atom stereocenters. The Labute approximate surface area is 193 Å². The van der Waals surface area contributed by atoms with Crippen molar-refractivity contribution in [3.05, 3.63) is 70.3 Å². The van der Waals surface area contributed by atoms with E-state index >= 15 is 0 Å². The highest BCUT2D eigenvalue weighted by Crippen LogP contribution is 2.62. The predicted octanol–water partition coefficient (Wildman–Crippen LogP) is 5.37. The van der Waals surface area contributed by atoms with Crippen molar-refractivity contribution in [2.75, 3.05) is 0 Å². The Hall–Kier alpha value is -1.65. The summed E-state index contributed by atoms with van der Waals surface area (Å²) < 4.78 is 0. The van der Waals surface area contributed by atoms with Gasteiger partial charge in [-0.15, -0.1) is 0 Å². The standard InChI is InChI=1S/C27H32BrNO2/c1-27-10-9-22-21-7-5-17(15-28)13-18(21)6-8-23(22)24(27)14-20(25(27)30)12-16-3-2-4-19(11-16)26(29)31/h2-5,7,11,13,20,22-25,30H,6,8-10,12,14-15H2,1H3,(H2,29,31)/t20-,22+,23+,24-,25-,27-/m0/s1. The average molecular weight is 482 g/mol. The SMILES string of the molecule is C[C@]12CC[C@@H]3c4ccc(CBr)cc4CC[C@H]3[C@@H]1C[C@H](Cc1cccc(C(N)=O)c1)[C@@H]2O. The predicted molar refractivity (Wildman–Crippen MR) is 127 cm³/mol. The Balaban J connectivity index is 1.39. The molecule has 2 fully saturated rings. The molecule has 5 rings (SSSR count). The topological polar surface area (TPSA) is 63.3 Å². The monoisotopic (exact) mass is 481 g/mol. The average Bonchev–Trinajstić information content (AvgIpc) is 3.03. The van der Waals surface area contributed by atoms with Crippen LogP contribution in [0.4, 0.5) is 0 Å². The summed E-state index contributed by atoms with van der Waals surface area (Å²) >= 11 is 3.60. The minimum atomic E-state index is -0.388. The van der Waals surface area contributed by atoms with E-state index in [2.05, 4.69) is 47.1 Å². The lowest BCUT2D eigenvalue weighted by Gasteiger charge is -2.50. The van der Waals surface area contributed by atoms with Gasteiger partial charge >= 0.3 is 0 Å². The van der Waals surface area contributed by atoms with E-state index in [0.717, 1.165) is 36.6 Å². The van der Waals surface area contributed by atoms with Gasteiger partial charge in [0.25, 0.3) is 0 Å². The third kappa shape index (κ3) is 3.56. The van der Waals surface area contributed by atoms with Gasteiger partial charge < -0.3 is 10.8 Å². The molecule has 3 N–H and O–H groups in total. The summed E-state index contributed by atoms with van der Waals surface area (Å²) in [4.78, 5) is 11.6. The molecule has 4 heteroatoms. The van der Waals surface area contributed by atoms with Crippen LogP contribution < -0.4 is 5.73 Å². The van der Waals surface area contributed by atoms with Crippen molar-refractivity contribution < 1.29 is 9.90 Å². The lowest BCUT2D eigenvalue weighted by molar-refractivity contribution is -0.0325. The Morgan fingerprint density at radius 2 is 2.03 bits per heavy atom. The molecule has 164 valence electrons. The smallest absolute Gasteiger partial charge is 0.248 e. The number of benzene rings is 2. The van der Waals surface area contributed by atoms with Crippen molar-refractivity contribution in [1.29, 1.82) is 0 Å². The van der Waals surface area contributed by atoms with Crippen LogP contribution in [0.3, 0.4) is 0 Å². The van der Waals surface area contributed by atoms with Gasteiger partial charge in [0.1, 0.15) is 0 Å². The van der Waals surface area contributed by atoms with E-state index in [1.165, 1.54) is 18.4 Å². The van der Waals surface area contributed by atoms with Crippen LogP contribution in [0.25, 0.3) is 0 Å². The van der Waals surface area contributed by atoms with E-state index in [0.29, 0.717) is 23.3 Å². The number of rotatable bonds is 4. The zero-order valence-corrected chi connectivity index (χ0v) is 19.8. The first-order valence-electron chi connectivity index (χ1n) is 11.6. The number of aliphatic hydroxyl groups excluding tert-OH is 1. The van der Waals surface area contributed by atoms with Crippen molar-refractivity contribution in [1.82, 2.24) is 0 Å². The molecule has 3 nitrogen and oxygen atoms in total. The summed E-state index contributed by atoms with van der Waals surface area (Å²) in [6.45, 7) is 2.34. The molecule has 3 aliphatic carbocycles. The molecule has 0 spiro atoms. The van der Waals surface area contributed by atoms with Crippen LogP contribution in [0.5, 0.6) is 0 Å². The molecule has 2 aromatic carbocycles. The van der Waals surface area contributed by atoms with Gasteiger partial charge in [-0.25, -0.2) is 0 Å². The van der Waals surface area contributed by atoms with Crippen LogP contribution in [-0.2, 0) is 18.2 Å². The molecule has 2 saturated carbocycles. The largest absolute Gasteiger partial charge is 0.392 e. The fourth-order valence-corrected chi connectivity index (χ4v) is 7.57. The number of amides is 1. The zero-order chi connectivity index (χ0) is 21.8. The number of aliphatic hydroxyl groups is 1. The Morgan fingerprint density at radius 1 is 1.19 bits per heavy atom. The molecule has 0 unspecified atom stereocenters. The Morgan fingerprint density at radius 3 is 2.81 bits per heavy atom. The van der Waals surface area contributed by atoms with Gasteiger partial charge in [-0.3, -0.25) is 4.79 Å². The van der Waals surface area contributed by atoms with Gasteiger partial charge in [0.2, 0.25) is 5.91 Å². The number of primary amides is 1. The number of hydrogen-bond acceptors (Lipinski definition) is 2. The number of nitrogens with two attached hydrogens (primary N) is 1. The van der Waals surface area contributed by atoms with Crippen LogP contribution in [0.15, 0.2) is 42.5 Å². The number of carbonyl (C=O) groups excluding carboxylic acids is 1. The van der Waals surface area contributed by atoms with E-state index in [9.17, 15) is 9.90 Å². The van der Waals surface area contributed by atoms with Gasteiger partial charge in [0.15, 0.2) is 0 Å². The Kier molecular flexibility index (Phi) is 5.50. The molecule has 0 bridgehead atoms. The molecule has 1 amide bonds. The number of hydrogen-bond donors (Lipinski definition) is 2. The molecule has 0 aliphatic heterocycles. The van der Waals surface area contributed by atoms with Crippen molar-refractivity contribution in [3.63, 3.8) is 0 Å². The first kappa shape index (κ1) is 21.2. The minimum Gasteiger partial charge on any atom is -0.392 e. The quantitative estimate of drug-likeness (QED) is 0.576. The zero-order valence-electron chi connectivity index (χ0n) is 18.2. The lowest BCUT2D eigenvalue weighted by atomic mass is 9.55. The molecular formula is C27H32BrNO2. The second-order valence-electron chi connectivity index (χ2n) is 10.3. The second kappa shape index (κ2) is 8.04. The van der Waals surface area contributed by atoms with Crippen molar-refractivity contribution in [3.8, 4) is 0 Å². The lowest BCUT2D eigenvalue weighted by Crippen LogP contribution is -2.44. The summed E-state index contributed by atoms with van der Waals surface area (Å²) in [6.07, 6.45) is 6.28. The van der Waals surface area contributed by atoms with Gasteiger partial charge in [-0.1, -0.05) is 53.2 Å². The van der Waals surface area contributed by atoms with E-state index in [1.54, 1.807) is 17.2 Å². The van der Waals surface area contributed by atoms with Gasteiger partial charge in [-0.2, -0.15) is 0 Å². The van der Waals surface area contributed by atoms with Gasteiger partial charge in [-0.05, 0) is 102 Å². The molecule has 2 aromatic rings. The van der Waals surface area contributed by atoms with E-state index < -0.39 is 0 Å². The molecular weight excluding hydrogens is 450 g/mol. The molecule has 0 saturated heterocycles. The number of fused-ring (bicyclic) bond motifs is 5. The maximum absolute atomic E-state index is 11.6. The molecule has 0 heterocycles. The highest BCUT2D eigenvalue weighted by Gasteiger charge is 2.57. The van der Waals surface area contributed by atoms with Crippen LogP contribution >= 0.6 is 15.9 Å². The molecule has 3 aliphatic rings. The molecule has 0 radical (unpaired) electrons. The third-order valence-corrected chi connectivity index (χ3v) is 9.42. The van der Waals surface area contributed by atoms with E-state index in [-0.39, 0.29) is 23.3 Å². The van der Waals surface area contributed by atoms with Crippen molar-refractivity contribution >= 4 is 21.8 Å². The minimum absolute atomic E-state index is 0.000430. The second-order valence-corrected chi connectivity index (χ2v) is 10.9. The van der Waals surface area contributed by atoms with Crippen molar-refractivity contribution in [2.24, 2.45) is 28.9 Å². The number of halogens is 1. The normalized spacial score (nSPS) is 34.0. The first-order chi connectivity index (χ1) is 14.9.